The van der Waals surface area contributed by atoms with Crippen molar-refractivity contribution in [1.29, 1.82) is 0 Å². The highest BCUT2D eigenvalue weighted by Crippen LogP contribution is 2.19. The Hall–Kier alpha value is -1.55. The monoisotopic (exact) mass is 365 g/mol. The summed E-state index contributed by atoms with van der Waals surface area (Å²) in [6.45, 7) is 2.75. The molecule has 0 unspecified atom stereocenters. The van der Waals surface area contributed by atoms with Crippen molar-refractivity contribution in [2.24, 2.45) is 0 Å². The standard InChI is InChI=1S/C19H20ClNO2.ClH/c20-17-8-4-5-15(13-17)14-21-11-9-18(10-12-21)23-19(22)16-6-2-1-3-7-16;/h1-8,13,18H,9-12,14H2;1H. The van der Waals surface area contributed by atoms with Crippen molar-refractivity contribution >= 4 is 30.0 Å². The molecule has 0 spiro atoms. The minimum absolute atomic E-state index is 0. The second-order valence-electron chi connectivity index (χ2n) is 5.88. The van der Waals surface area contributed by atoms with E-state index < -0.39 is 0 Å². The molecule has 1 heterocycles. The van der Waals surface area contributed by atoms with Crippen LogP contribution >= 0.6 is 24.0 Å². The van der Waals surface area contributed by atoms with E-state index >= 15 is 0 Å². The predicted molar refractivity (Wildman–Crippen MR) is 98.9 cm³/mol. The Labute approximate surface area is 154 Å². The number of hydrogen-bond acceptors (Lipinski definition) is 3. The molecular weight excluding hydrogens is 345 g/mol. The lowest BCUT2D eigenvalue weighted by Crippen LogP contribution is -2.37. The van der Waals surface area contributed by atoms with Crippen LogP contribution in [0.25, 0.3) is 0 Å². The number of likely N-dealkylation sites (tertiary alicyclic amines) is 1. The summed E-state index contributed by atoms with van der Waals surface area (Å²) in [5.41, 5.74) is 1.84. The van der Waals surface area contributed by atoms with Gasteiger partial charge >= 0.3 is 5.97 Å². The summed E-state index contributed by atoms with van der Waals surface area (Å²) in [6.07, 6.45) is 1.76. The van der Waals surface area contributed by atoms with E-state index in [0.717, 1.165) is 37.5 Å². The minimum Gasteiger partial charge on any atom is -0.459 e. The molecule has 0 bridgehead atoms. The SMILES string of the molecule is Cl.O=C(OC1CCN(Cc2cccc(Cl)c2)CC1)c1ccccc1. The van der Waals surface area contributed by atoms with Crippen LogP contribution in [0.4, 0.5) is 0 Å². The highest BCUT2D eigenvalue weighted by molar-refractivity contribution is 6.30. The number of benzene rings is 2. The maximum Gasteiger partial charge on any atom is 0.338 e. The summed E-state index contributed by atoms with van der Waals surface area (Å²) in [5.74, 6) is -0.223. The maximum atomic E-state index is 12.1. The molecule has 0 aliphatic carbocycles. The molecule has 0 aromatic heterocycles. The third-order valence-corrected chi connectivity index (χ3v) is 4.35. The lowest BCUT2D eigenvalue weighted by atomic mass is 10.1. The summed E-state index contributed by atoms with van der Waals surface area (Å²) in [4.78, 5) is 14.4. The largest absolute Gasteiger partial charge is 0.459 e. The Morgan fingerprint density at radius 3 is 2.46 bits per heavy atom. The number of carbonyl (C=O) groups is 1. The van der Waals surface area contributed by atoms with E-state index in [1.807, 2.05) is 36.4 Å². The first-order chi connectivity index (χ1) is 11.2. The second kappa shape index (κ2) is 9.07. The van der Waals surface area contributed by atoms with Crippen LogP contribution in [0.15, 0.2) is 54.6 Å². The summed E-state index contributed by atoms with van der Waals surface area (Å²) < 4.78 is 5.61. The molecule has 1 aliphatic rings. The van der Waals surface area contributed by atoms with Gasteiger partial charge in [0.05, 0.1) is 5.56 Å². The molecule has 2 aromatic rings. The summed E-state index contributed by atoms with van der Waals surface area (Å²) >= 11 is 6.03. The highest BCUT2D eigenvalue weighted by atomic mass is 35.5. The van der Waals surface area contributed by atoms with Crippen LogP contribution in [0.3, 0.4) is 0 Å². The quantitative estimate of drug-likeness (QED) is 0.742. The van der Waals surface area contributed by atoms with Gasteiger partial charge in [-0.2, -0.15) is 0 Å². The fourth-order valence-corrected chi connectivity index (χ4v) is 3.09. The summed E-state index contributed by atoms with van der Waals surface area (Å²) in [6, 6.07) is 17.1. The number of halogens is 2. The van der Waals surface area contributed by atoms with Crippen LogP contribution in [0.2, 0.25) is 5.02 Å². The molecule has 3 nitrogen and oxygen atoms in total. The van der Waals surface area contributed by atoms with Crippen molar-refractivity contribution < 1.29 is 9.53 Å². The lowest BCUT2D eigenvalue weighted by molar-refractivity contribution is 0.0104. The van der Waals surface area contributed by atoms with Gasteiger partial charge in [0.2, 0.25) is 0 Å². The molecule has 0 atom stereocenters. The van der Waals surface area contributed by atoms with Crippen molar-refractivity contribution in [3.05, 3.63) is 70.7 Å². The van der Waals surface area contributed by atoms with Crippen LogP contribution in [-0.4, -0.2) is 30.1 Å². The molecule has 0 amide bonds. The van der Waals surface area contributed by atoms with Crippen LogP contribution in [0, 0.1) is 0 Å². The normalized spacial score (nSPS) is 15.5. The highest BCUT2D eigenvalue weighted by Gasteiger charge is 2.22. The van der Waals surface area contributed by atoms with Gasteiger partial charge in [0.1, 0.15) is 6.10 Å². The Morgan fingerprint density at radius 1 is 1.08 bits per heavy atom. The Bertz CT molecular complexity index is 655. The first-order valence-corrected chi connectivity index (χ1v) is 8.31. The molecule has 2 aromatic carbocycles. The minimum atomic E-state index is -0.223. The van der Waals surface area contributed by atoms with Crippen LogP contribution in [0.1, 0.15) is 28.8 Å². The second-order valence-corrected chi connectivity index (χ2v) is 6.31. The van der Waals surface area contributed by atoms with Gasteiger partial charge in [-0.05, 0) is 42.7 Å². The molecule has 1 fully saturated rings. The number of carbonyl (C=O) groups excluding carboxylic acids is 1. The van der Waals surface area contributed by atoms with E-state index in [1.165, 1.54) is 5.56 Å². The van der Waals surface area contributed by atoms with Gasteiger partial charge in [0.15, 0.2) is 0 Å². The van der Waals surface area contributed by atoms with Crippen molar-refractivity contribution in [3.8, 4) is 0 Å². The van der Waals surface area contributed by atoms with Crippen LogP contribution in [0.5, 0.6) is 0 Å². The average molecular weight is 366 g/mol. The molecule has 1 saturated heterocycles. The Balaban J connectivity index is 0.00000208. The molecule has 0 N–H and O–H groups in total. The zero-order chi connectivity index (χ0) is 16.1. The molecule has 24 heavy (non-hydrogen) atoms. The molecule has 5 heteroatoms. The van der Waals surface area contributed by atoms with Crippen LogP contribution < -0.4 is 0 Å². The van der Waals surface area contributed by atoms with E-state index in [2.05, 4.69) is 11.0 Å². The summed E-state index contributed by atoms with van der Waals surface area (Å²) in [7, 11) is 0. The first kappa shape index (κ1) is 18.8. The van der Waals surface area contributed by atoms with E-state index in [9.17, 15) is 4.79 Å². The van der Waals surface area contributed by atoms with Gasteiger partial charge in [-0.3, -0.25) is 4.90 Å². The molecule has 0 saturated carbocycles. The van der Waals surface area contributed by atoms with Crippen LogP contribution in [-0.2, 0) is 11.3 Å². The van der Waals surface area contributed by atoms with Gasteiger partial charge in [0.25, 0.3) is 0 Å². The molecular formula is C19H21Cl2NO2. The molecule has 1 aliphatic heterocycles. The zero-order valence-corrected chi connectivity index (χ0v) is 14.9. The third kappa shape index (κ3) is 5.23. The smallest absolute Gasteiger partial charge is 0.338 e. The fourth-order valence-electron chi connectivity index (χ4n) is 2.87. The first-order valence-electron chi connectivity index (χ1n) is 7.93. The number of ether oxygens (including phenoxy) is 1. The molecule has 128 valence electrons. The van der Waals surface area contributed by atoms with Crippen molar-refractivity contribution in [2.75, 3.05) is 13.1 Å². The van der Waals surface area contributed by atoms with E-state index in [0.29, 0.717) is 5.56 Å². The Morgan fingerprint density at radius 2 is 1.79 bits per heavy atom. The fraction of sp³-hybridized carbons (Fsp3) is 0.316. The number of esters is 1. The van der Waals surface area contributed by atoms with Gasteiger partial charge in [0, 0.05) is 24.7 Å². The lowest BCUT2D eigenvalue weighted by Gasteiger charge is -2.31. The zero-order valence-electron chi connectivity index (χ0n) is 13.4. The number of nitrogens with zero attached hydrogens (tertiary/aromatic N) is 1. The molecule has 3 rings (SSSR count). The van der Waals surface area contributed by atoms with Crippen molar-refractivity contribution in [1.82, 2.24) is 4.90 Å². The maximum absolute atomic E-state index is 12.1. The summed E-state index contributed by atoms with van der Waals surface area (Å²) in [5, 5.41) is 0.772. The average Bonchev–Trinajstić information content (AvgIpc) is 2.57. The van der Waals surface area contributed by atoms with E-state index in [-0.39, 0.29) is 24.5 Å². The van der Waals surface area contributed by atoms with Gasteiger partial charge in [-0.25, -0.2) is 4.79 Å². The van der Waals surface area contributed by atoms with E-state index in [1.54, 1.807) is 12.1 Å². The van der Waals surface area contributed by atoms with Gasteiger partial charge < -0.3 is 4.74 Å². The number of rotatable bonds is 4. The Kier molecular flexibility index (Phi) is 7.10. The van der Waals surface area contributed by atoms with Gasteiger partial charge in [-0.15, -0.1) is 12.4 Å². The third-order valence-electron chi connectivity index (χ3n) is 4.11. The topological polar surface area (TPSA) is 29.5 Å². The predicted octanol–water partition coefficient (Wildman–Crippen LogP) is 4.58. The number of hydrogen-bond donors (Lipinski definition) is 0. The van der Waals surface area contributed by atoms with Gasteiger partial charge in [-0.1, -0.05) is 41.9 Å². The van der Waals surface area contributed by atoms with Crippen molar-refractivity contribution in [2.45, 2.75) is 25.5 Å². The van der Waals surface area contributed by atoms with Crippen molar-refractivity contribution in [3.63, 3.8) is 0 Å². The van der Waals surface area contributed by atoms with E-state index in [4.69, 9.17) is 16.3 Å². The molecule has 0 radical (unpaired) electrons. The number of piperidine rings is 1.